The topological polar surface area (TPSA) is 113 Å². The van der Waals surface area contributed by atoms with E-state index < -0.39 is 22.0 Å². The van der Waals surface area contributed by atoms with E-state index in [0.29, 0.717) is 11.9 Å². The van der Waals surface area contributed by atoms with Gasteiger partial charge in [-0.15, -0.1) is 4.91 Å². The lowest BCUT2D eigenvalue weighted by Gasteiger charge is -2.12. The van der Waals surface area contributed by atoms with E-state index >= 15 is 0 Å². The zero-order valence-electron chi connectivity index (χ0n) is 9.02. The average molecular weight is 290 g/mol. The van der Waals surface area contributed by atoms with Gasteiger partial charge in [0.15, 0.2) is 0 Å². The Hall–Kier alpha value is -1.45. The van der Waals surface area contributed by atoms with Crippen molar-refractivity contribution in [1.82, 2.24) is 4.72 Å². The van der Waals surface area contributed by atoms with Crippen LogP contribution in [0.2, 0.25) is 0 Å². The standard InChI is InChI=1S/C9H10N2O5S2/c12-9(13)8(6-17-11-14)10-18(15,16)7-4-2-1-3-5-7/h1-5,8,10H,6H2,(H,12,13)/t8-/m1/s1. The van der Waals surface area contributed by atoms with E-state index in [9.17, 15) is 18.1 Å². The Morgan fingerprint density at radius 2 is 2.00 bits per heavy atom. The van der Waals surface area contributed by atoms with E-state index in [-0.39, 0.29) is 10.6 Å². The van der Waals surface area contributed by atoms with Crippen molar-refractivity contribution in [2.45, 2.75) is 10.9 Å². The van der Waals surface area contributed by atoms with Gasteiger partial charge in [0.25, 0.3) is 0 Å². The van der Waals surface area contributed by atoms with Gasteiger partial charge in [0.1, 0.15) is 6.04 Å². The molecular weight excluding hydrogens is 280 g/mol. The number of benzene rings is 1. The fourth-order valence-corrected chi connectivity index (χ4v) is 2.87. The molecule has 0 aliphatic rings. The second kappa shape index (κ2) is 6.47. The fraction of sp³-hybridized carbons (Fsp3) is 0.222. The fourth-order valence-electron chi connectivity index (χ4n) is 1.12. The van der Waals surface area contributed by atoms with E-state index in [2.05, 4.69) is 4.58 Å². The van der Waals surface area contributed by atoms with Crippen LogP contribution in [0.3, 0.4) is 0 Å². The molecule has 0 unspecified atom stereocenters. The van der Waals surface area contributed by atoms with Crippen LogP contribution in [0.5, 0.6) is 0 Å². The maximum atomic E-state index is 11.8. The Morgan fingerprint density at radius 3 is 2.50 bits per heavy atom. The number of aliphatic carboxylic acids is 1. The highest BCUT2D eigenvalue weighted by Gasteiger charge is 2.25. The minimum Gasteiger partial charge on any atom is -0.480 e. The van der Waals surface area contributed by atoms with Gasteiger partial charge in [-0.25, -0.2) is 8.42 Å². The lowest BCUT2D eigenvalue weighted by atomic mass is 10.4. The molecule has 18 heavy (non-hydrogen) atoms. The molecule has 0 aliphatic carbocycles. The first-order chi connectivity index (χ1) is 8.47. The highest BCUT2D eigenvalue weighted by Crippen LogP contribution is 2.10. The second-order valence-corrected chi connectivity index (χ2v) is 5.65. The largest absolute Gasteiger partial charge is 0.480 e. The van der Waals surface area contributed by atoms with Gasteiger partial charge in [0, 0.05) is 22.3 Å². The summed E-state index contributed by atoms with van der Waals surface area (Å²) < 4.78 is 28.1. The highest BCUT2D eigenvalue weighted by molar-refractivity contribution is 7.98. The van der Waals surface area contributed by atoms with E-state index in [0.717, 1.165) is 0 Å². The maximum absolute atomic E-state index is 11.8. The van der Waals surface area contributed by atoms with Crippen LogP contribution >= 0.6 is 11.9 Å². The quantitative estimate of drug-likeness (QED) is 0.568. The van der Waals surface area contributed by atoms with Gasteiger partial charge in [-0.05, 0) is 12.1 Å². The number of nitrogens with zero attached hydrogens (tertiary/aromatic N) is 1. The highest BCUT2D eigenvalue weighted by atomic mass is 32.2. The van der Waals surface area contributed by atoms with Crippen molar-refractivity contribution in [2.75, 3.05) is 5.75 Å². The summed E-state index contributed by atoms with van der Waals surface area (Å²) >= 11 is 0.442. The molecule has 0 aromatic heterocycles. The van der Waals surface area contributed by atoms with Gasteiger partial charge in [-0.3, -0.25) is 4.79 Å². The first-order valence-electron chi connectivity index (χ1n) is 4.72. The van der Waals surface area contributed by atoms with Crippen molar-refractivity contribution >= 4 is 27.9 Å². The van der Waals surface area contributed by atoms with Gasteiger partial charge in [-0.2, -0.15) is 4.72 Å². The molecule has 1 aromatic carbocycles. The number of carbonyl (C=O) groups is 1. The number of carboxylic acid groups (broad SMARTS) is 1. The zero-order chi connectivity index (χ0) is 13.6. The Balaban J connectivity index is 2.86. The maximum Gasteiger partial charge on any atom is 0.322 e. The lowest BCUT2D eigenvalue weighted by molar-refractivity contribution is -0.138. The van der Waals surface area contributed by atoms with Crippen LogP contribution in [0, 0.1) is 4.91 Å². The molecule has 2 N–H and O–H groups in total. The number of hydrogen-bond acceptors (Lipinski definition) is 6. The van der Waals surface area contributed by atoms with E-state index in [1.807, 2.05) is 4.72 Å². The van der Waals surface area contributed by atoms with Crippen molar-refractivity contribution in [2.24, 2.45) is 4.58 Å². The Kier molecular flexibility index (Phi) is 5.25. The molecule has 0 saturated heterocycles. The van der Waals surface area contributed by atoms with Crippen LogP contribution < -0.4 is 4.72 Å². The van der Waals surface area contributed by atoms with Crippen molar-refractivity contribution in [3.8, 4) is 0 Å². The monoisotopic (exact) mass is 290 g/mol. The zero-order valence-corrected chi connectivity index (χ0v) is 10.6. The van der Waals surface area contributed by atoms with Gasteiger partial charge < -0.3 is 5.11 Å². The molecule has 0 bridgehead atoms. The van der Waals surface area contributed by atoms with Crippen LogP contribution in [0.15, 0.2) is 39.8 Å². The lowest BCUT2D eigenvalue weighted by Crippen LogP contribution is -2.42. The van der Waals surface area contributed by atoms with Gasteiger partial charge in [0.05, 0.1) is 4.90 Å². The molecule has 7 nitrogen and oxygen atoms in total. The Morgan fingerprint density at radius 1 is 1.39 bits per heavy atom. The molecule has 0 radical (unpaired) electrons. The summed E-state index contributed by atoms with van der Waals surface area (Å²) in [6.07, 6.45) is 0. The molecule has 98 valence electrons. The minimum atomic E-state index is -3.92. The number of carboxylic acids is 1. The normalized spacial score (nSPS) is 12.9. The van der Waals surface area contributed by atoms with Crippen molar-refractivity contribution in [1.29, 1.82) is 0 Å². The predicted molar refractivity (Wildman–Crippen MR) is 66.4 cm³/mol. The third kappa shape index (κ3) is 4.09. The summed E-state index contributed by atoms with van der Waals surface area (Å²) in [5.74, 6) is -1.64. The number of sulfonamides is 1. The molecule has 1 rings (SSSR count). The smallest absolute Gasteiger partial charge is 0.322 e. The van der Waals surface area contributed by atoms with Crippen molar-refractivity contribution < 1.29 is 18.3 Å². The minimum absolute atomic E-state index is 0.0414. The summed E-state index contributed by atoms with van der Waals surface area (Å²) in [5.41, 5.74) is 0. The van der Waals surface area contributed by atoms with Gasteiger partial charge >= 0.3 is 5.97 Å². The van der Waals surface area contributed by atoms with Crippen LogP contribution in [-0.2, 0) is 14.8 Å². The summed E-state index contributed by atoms with van der Waals surface area (Å²) in [6, 6.07) is 5.95. The number of hydrogen-bond donors (Lipinski definition) is 2. The third-order valence-electron chi connectivity index (χ3n) is 1.94. The Bertz CT molecular complexity index is 517. The van der Waals surface area contributed by atoms with E-state index in [1.54, 1.807) is 6.07 Å². The summed E-state index contributed by atoms with van der Waals surface area (Å²) in [6.45, 7) is 0. The van der Waals surface area contributed by atoms with Crippen LogP contribution in [0.4, 0.5) is 0 Å². The first kappa shape index (κ1) is 14.6. The van der Waals surface area contributed by atoms with Crippen LogP contribution in [0.25, 0.3) is 0 Å². The number of nitroso groups, excluding NO2 is 1. The Labute approximate surface area is 108 Å². The van der Waals surface area contributed by atoms with E-state index in [4.69, 9.17) is 5.11 Å². The molecule has 0 aliphatic heterocycles. The molecule has 0 amide bonds. The average Bonchev–Trinajstić information content (AvgIpc) is 2.35. The predicted octanol–water partition coefficient (Wildman–Crippen LogP) is 0.833. The van der Waals surface area contributed by atoms with E-state index in [1.165, 1.54) is 24.3 Å². The van der Waals surface area contributed by atoms with Crippen molar-refractivity contribution in [3.63, 3.8) is 0 Å². The molecule has 0 saturated carbocycles. The van der Waals surface area contributed by atoms with Gasteiger partial charge in [0.2, 0.25) is 10.0 Å². The molecule has 0 spiro atoms. The molecule has 0 heterocycles. The van der Waals surface area contributed by atoms with Crippen LogP contribution in [0.1, 0.15) is 0 Å². The SMILES string of the molecule is O=NSC[C@@H](NS(=O)(=O)c1ccccc1)C(=O)O. The molecule has 1 atom stereocenters. The molecular formula is C9H10N2O5S2. The summed E-state index contributed by atoms with van der Waals surface area (Å²) in [4.78, 5) is 20.7. The third-order valence-corrected chi connectivity index (χ3v) is 4.02. The number of nitrogens with one attached hydrogen (secondary N) is 1. The second-order valence-electron chi connectivity index (χ2n) is 3.20. The molecule has 0 fully saturated rings. The van der Waals surface area contributed by atoms with Crippen LogP contribution in [-0.4, -0.2) is 31.3 Å². The summed E-state index contributed by atoms with van der Waals surface area (Å²) in [7, 11) is -3.92. The molecule has 1 aromatic rings. The summed E-state index contributed by atoms with van der Waals surface area (Å²) in [5, 5.41) is 8.83. The van der Waals surface area contributed by atoms with Gasteiger partial charge in [-0.1, -0.05) is 18.2 Å². The first-order valence-corrected chi connectivity index (χ1v) is 7.15. The number of rotatable bonds is 7. The molecule has 9 heteroatoms. The van der Waals surface area contributed by atoms with Crippen molar-refractivity contribution in [3.05, 3.63) is 35.2 Å².